The van der Waals surface area contributed by atoms with Crippen LogP contribution in [0.3, 0.4) is 0 Å². The van der Waals surface area contributed by atoms with E-state index in [0.29, 0.717) is 6.10 Å². The minimum absolute atomic E-state index is 0.386. The molecule has 0 saturated heterocycles. The maximum Gasteiger partial charge on any atom is 0.0544 e. The first kappa shape index (κ1) is 12.1. The number of benzene rings is 1. The van der Waals surface area contributed by atoms with Crippen molar-refractivity contribution in [3.63, 3.8) is 0 Å². The van der Waals surface area contributed by atoms with Crippen LogP contribution in [0.1, 0.15) is 32.3 Å². The Balaban J connectivity index is 2.17. The van der Waals surface area contributed by atoms with Gasteiger partial charge in [-0.25, -0.2) is 0 Å². The van der Waals surface area contributed by atoms with Gasteiger partial charge in [-0.3, -0.25) is 0 Å². The number of hydrogen-bond donors (Lipinski definition) is 1. The molecular weight excluding hydrogens is 186 g/mol. The highest BCUT2D eigenvalue weighted by atomic mass is 16.5. The first-order chi connectivity index (χ1) is 7.22. The Bertz CT molecular complexity index is 268. The SMILES string of the molecule is CCC(C)OCCCc1ccc(N)cc1. The number of nitrogens with two attached hydrogens (primary N) is 1. The van der Waals surface area contributed by atoms with Gasteiger partial charge in [0.05, 0.1) is 6.10 Å². The van der Waals surface area contributed by atoms with Crippen molar-refractivity contribution in [1.82, 2.24) is 0 Å². The van der Waals surface area contributed by atoms with Gasteiger partial charge in [-0.05, 0) is 43.9 Å². The summed E-state index contributed by atoms with van der Waals surface area (Å²) in [6.45, 7) is 5.10. The lowest BCUT2D eigenvalue weighted by Crippen LogP contribution is -2.07. The normalized spacial score (nSPS) is 12.7. The third-order valence-electron chi connectivity index (χ3n) is 2.57. The fourth-order valence-electron chi connectivity index (χ4n) is 1.36. The zero-order valence-electron chi connectivity index (χ0n) is 9.70. The van der Waals surface area contributed by atoms with Gasteiger partial charge in [0.1, 0.15) is 0 Å². The van der Waals surface area contributed by atoms with E-state index in [9.17, 15) is 0 Å². The van der Waals surface area contributed by atoms with E-state index < -0.39 is 0 Å². The lowest BCUT2D eigenvalue weighted by molar-refractivity contribution is 0.0621. The van der Waals surface area contributed by atoms with Crippen LogP contribution in [0.4, 0.5) is 5.69 Å². The van der Waals surface area contributed by atoms with Crippen molar-refractivity contribution in [2.45, 2.75) is 39.2 Å². The Morgan fingerprint density at radius 3 is 2.53 bits per heavy atom. The van der Waals surface area contributed by atoms with E-state index in [-0.39, 0.29) is 0 Å². The number of anilines is 1. The van der Waals surface area contributed by atoms with Gasteiger partial charge >= 0.3 is 0 Å². The molecule has 15 heavy (non-hydrogen) atoms. The van der Waals surface area contributed by atoms with Crippen LogP contribution in [0, 0.1) is 0 Å². The first-order valence-electron chi connectivity index (χ1n) is 5.68. The zero-order valence-corrected chi connectivity index (χ0v) is 9.70. The quantitative estimate of drug-likeness (QED) is 0.575. The smallest absolute Gasteiger partial charge is 0.0544 e. The van der Waals surface area contributed by atoms with E-state index in [0.717, 1.165) is 31.6 Å². The molecular formula is C13H21NO. The molecule has 2 N–H and O–H groups in total. The monoisotopic (exact) mass is 207 g/mol. The number of rotatable bonds is 6. The lowest BCUT2D eigenvalue weighted by atomic mass is 10.1. The number of ether oxygens (including phenoxy) is 1. The van der Waals surface area contributed by atoms with Crippen LogP contribution in [-0.2, 0) is 11.2 Å². The van der Waals surface area contributed by atoms with Crippen molar-refractivity contribution in [2.75, 3.05) is 12.3 Å². The molecule has 0 fully saturated rings. The van der Waals surface area contributed by atoms with Crippen molar-refractivity contribution >= 4 is 5.69 Å². The largest absolute Gasteiger partial charge is 0.399 e. The van der Waals surface area contributed by atoms with E-state index in [1.807, 2.05) is 12.1 Å². The highest BCUT2D eigenvalue weighted by Gasteiger charge is 1.98. The minimum Gasteiger partial charge on any atom is -0.399 e. The molecule has 0 saturated carbocycles. The van der Waals surface area contributed by atoms with E-state index in [4.69, 9.17) is 10.5 Å². The van der Waals surface area contributed by atoms with Crippen molar-refractivity contribution < 1.29 is 4.74 Å². The van der Waals surface area contributed by atoms with Gasteiger partial charge in [-0.2, -0.15) is 0 Å². The summed E-state index contributed by atoms with van der Waals surface area (Å²) in [5.41, 5.74) is 7.77. The van der Waals surface area contributed by atoms with Gasteiger partial charge in [0.25, 0.3) is 0 Å². The van der Waals surface area contributed by atoms with Crippen molar-refractivity contribution in [3.05, 3.63) is 29.8 Å². The average Bonchev–Trinajstić information content (AvgIpc) is 2.26. The molecule has 84 valence electrons. The summed E-state index contributed by atoms with van der Waals surface area (Å²) in [6, 6.07) is 8.06. The maximum atomic E-state index is 5.61. The Morgan fingerprint density at radius 1 is 1.27 bits per heavy atom. The third-order valence-corrected chi connectivity index (χ3v) is 2.57. The Morgan fingerprint density at radius 2 is 1.93 bits per heavy atom. The summed E-state index contributed by atoms with van der Waals surface area (Å²) >= 11 is 0. The molecule has 0 aliphatic carbocycles. The molecule has 2 heteroatoms. The van der Waals surface area contributed by atoms with Gasteiger partial charge in [-0.15, -0.1) is 0 Å². The van der Waals surface area contributed by atoms with Crippen LogP contribution in [0.2, 0.25) is 0 Å². The topological polar surface area (TPSA) is 35.2 Å². The van der Waals surface area contributed by atoms with Gasteiger partial charge in [0, 0.05) is 12.3 Å². The van der Waals surface area contributed by atoms with Gasteiger partial charge in [0.15, 0.2) is 0 Å². The van der Waals surface area contributed by atoms with E-state index >= 15 is 0 Å². The molecule has 0 aliphatic rings. The summed E-state index contributed by atoms with van der Waals surface area (Å²) in [5, 5.41) is 0. The van der Waals surface area contributed by atoms with Crippen molar-refractivity contribution in [3.8, 4) is 0 Å². The highest BCUT2D eigenvalue weighted by Crippen LogP contribution is 2.08. The number of nitrogen functional groups attached to an aromatic ring is 1. The second kappa shape index (κ2) is 6.46. The van der Waals surface area contributed by atoms with Crippen molar-refractivity contribution in [1.29, 1.82) is 0 Å². The van der Waals surface area contributed by atoms with Crippen LogP contribution < -0.4 is 5.73 Å². The lowest BCUT2D eigenvalue weighted by Gasteiger charge is -2.10. The minimum atomic E-state index is 0.386. The van der Waals surface area contributed by atoms with E-state index in [1.54, 1.807) is 0 Å². The molecule has 1 unspecified atom stereocenters. The Kier molecular flexibility index (Phi) is 5.19. The summed E-state index contributed by atoms with van der Waals surface area (Å²) < 4.78 is 5.61. The number of aryl methyl sites for hydroxylation is 1. The average molecular weight is 207 g/mol. The van der Waals surface area contributed by atoms with Crippen LogP contribution in [0.25, 0.3) is 0 Å². The molecule has 0 aromatic heterocycles. The van der Waals surface area contributed by atoms with E-state index in [2.05, 4.69) is 26.0 Å². The van der Waals surface area contributed by atoms with Crippen LogP contribution in [0.5, 0.6) is 0 Å². The number of hydrogen-bond acceptors (Lipinski definition) is 2. The summed E-state index contributed by atoms with van der Waals surface area (Å²) in [6.07, 6.45) is 3.61. The summed E-state index contributed by atoms with van der Waals surface area (Å²) in [7, 11) is 0. The molecule has 1 rings (SSSR count). The predicted octanol–water partition coefficient (Wildman–Crippen LogP) is 3.02. The molecule has 0 spiro atoms. The standard InChI is InChI=1S/C13H21NO/c1-3-11(2)15-10-4-5-12-6-8-13(14)9-7-12/h6-9,11H,3-5,10,14H2,1-2H3. The molecule has 0 heterocycles. The fraction of sp³-hybridized carbons (Fsp3) is 0.538. The predicted molar refractivity (Wildman–Crippen MR) is 64.9 cm³/mol. The van der Waals surface area contributed by atoms with E-state index in [1.165, 1.54) is 5.56 Å². The second-order valence-electron chi connectivity index (χ2n) is 3.93. The first-order valence-corrected chi connectivity index (χ1v) is 5.68. The Labute approximate surface area is 92.4 Å². The highest BCUT2D eigenvalue weighted by molar-refractivity contribution is 5.39. The maximum absolute atomic E-state index is 5.61. The van der Waals surface area contributed by atoms with Crippen LogP contribution in [0.15, 0.2) is 24.3 Å². The third kappa shape index (κ3) is 4.84. The molecule has 0 amide bonds. The molecule has 1 aromatic carbocycles. The van der Waals surface area contributed by atoms with Crippen molar-refractivity contribution in [2.24, 2.45) is 0 Å². The van der Waals surface area contributed by atoms with Gasteiger partial charge in [-0.1, -0.05) is 19.1 Å². The molecule has 1 aromatic rings. The zero-order chi connectivity index (χ0) is 11.1. The molecule has 2 nitrogen and oxygen atoms in total. The van der Waals surface area contributed by atoms with Crippen LogP contribution in [-0.4, -0.2) is 12.7 Å². The Hall–Kier alpha value is -1.02. The molecule has 0 bridgehead atoms. The molecule has 0 radical (unpaired) electrons. The fourth-order valence-corrected chi connectivity index (χ4v) is 1.36. The van der Waals surface area contributed by atoms with Gasteiger partial charge in [0.2, 0.25) is 0 Å². The summed E-state index contributed by atoms with van der Waals surface area (Å²) in [4.78, 5) is 0. The molecule has 0 aliphatic heterocycles. The van der Waals surface area contributed by atoms with Crippen LogP contribution >= 0.6 is 0 Å². The second-order valence-corrected chi connectivity index (χ2v) is 3.93. The summed E-state index contributed by atoms with van der Waals surface area (Å²) in [5.74, 6) is 0. The molecule has 1 atom stereocenters. The van der Waals surface area contributed by atoms with Gasteiger partial charge < -0.3 is 10.5 Å².